The molecule has 0 saturated heterocycles. The molecule has 0 aliphatic rings. The van der Waals surface area contributed by atoms with Gasteiger partial charge in [-0.15, -0.1) is 0 Å². The van der Waals surface area contributed by atoms with Crippen molar-refractivity contribution in [3.05, 3.63) is 57.2 Å². The van der Waals surface area contributed by atoms with Gasteiger partial charge in [0.2, 0.25) is 0 Å². The van der Waals surface area contributed by atoms with E-state index in [1.54, 1.807) is 17.4 Å². The average molecular weight is 324 g/mol. The number of ether oxygens (including phenoxy) is 1. The minimum absolute atomic E-state index is 0.295. The van der Waals surface area contributed by atoms with Crippen molar-refractivity contribution in [3.63, 3.8) is 0 Å². The first-order valence-electron chi connectivity index (χ1n) is 6.67. The molecule has 1 aromatic carbocycles. The summed E-state index contributed by atoms with van der Waals surface area (Å²) in [6, 6.07) is 9.00. The number of nitrogens with zero attached hydrogens (tertiary/aromatic N) is 1. The minimum atomic E-state index is -0.484. The molecule has 0 N–H and O–H groups in total. The van der Waals surface area contributed by atoms with E-state index in [2.05, 4.69) is 16.8 Å². The Labute approximate surface area is 134 Å². The van der Waals surface area contributed by atoms with Crippen molar-refractivity contribution in [3.8, 4) is 0 Å². The first kappa shape index (κ1) is 16.0. The zero-order valence-corrected chi connectivity index (χ0v) is 13.7. The Morgan fingerprint density at radius 2 is 2.14 bits per heavy atom. The van der Waals surface area contributed by atoms with Gasteiger partial charge in [0.05, 0.1) is 7.11 Å². The van der Waals surface area contributed by atoms with Crippen molar-refractivity contribution in [2.24, 2.45) is 0 Å². The Balaban J connectivity index is 2.16. The zero-order chi connectivity index (χ0) is 15.2. The van der Waals surface area contributed by atoms with Crippen LogP contribution in [0, 0.1) is 0 Å². The summed E-state index contributed by atoms with van der Waals surface area (Å²) >= 11 is 7.91. The second-order valence-corrected chi connectivity index (χ2v) is 6.00. The maximum atomic E-state index is 12.1. The lowest BCUT2D eigenvalue weighted by Gasteiger charge is -2.26. The third-order valence-electron chi connectivity index (χ3n) is 3.40. The quantitative estimate of drug-likeness (QED) is 0.757. The Kier molecular flexibility index (Phi) is 5.79. The molecule has 0 spiro atoms. The lowest BCUT2D eigenvalue weighted by atomic mass is 10.1. The molecule has 0 aliphatic carbocycles. The summed E-state index contributed by atoms with van der Waals surface area (Å²) in [7, 11) is 3.32. The van der Waals surface area contributed by atoms with Crippen LogP contribution in [0.5, 0.6) is 0 Å². The van der Waals surface area contributed by atoms with E-state index in [4.69, 9.17) is 16.3 Å². The lowest BCUT2D eigenvalue weighted by Crippen LogP contribution is -2.33. The zero-order valence-electron chi connectivity index (χ0n) is 12.1. The lowest BCUT2D eigenvalue weighted by molar-refractivity contribution is -0.146. The minimum Gasteiger partial charge on any atom is -0.468 e. The monoisotopic (exact) mass is 323 g/mol. The predicted octanol–water partition coefficient (Wildman–Crippen LogP) is 3.79. The molecular weight excluding hydrogens is 306 g/mol. The number of benzene rings is 1. The van der Waals surface area contributed by atoms with Crippen molar-refractivity contribution >= 4 is 28.9 Å². The largest absolute Gasteiger partial charge is 0.468 e. The highest BCUT2D eigenvalue weighted by atomic mass is 35.5. The highest BCUT2D eigenvalue weighted by Gasteiger charge is 2.27. The van der Waals surface area contributed by atoms with Crippen LogP contribution in [-0.4, -0.2) is 31.6 Å². The van der Waals surface area contributed by atoms with Gasteiger partial charge in [-0.05, 0) is 47.5 Å². The Morgan fingerprint density at radius 1 is 1.38 bits per heavy atom. The second-order valence-electron chi connectivity index (χ2n) is 4.81. The molecule has 112 valence electrons. The molecule has 1 heterocycles. The standard InChI is InChI=1S/C16H18ClNO2S/c1-18(9-7-12-8-10-21-11-12)15(16(19)20-2)13-5-3-4-6-14(13)17/h3-6,8,10-11,15H,7,9H2,1-2H3/t15-/m0/s1. The van der Waals surface area contributed by atoms with Gasteiger partial charge in [0.25, 0.3) is 0 Å². The molecule has 21 heavy (non-hydrogen) atoms. The number of rotatable bonds is 6. The van der Waals surface area contributed by atoms with Crippen LogP contribution in [0.2, 0.25) is 5.02 Å². The van der Waals surface area contributed by atoms with Crippen molar-refractivity contribution < 1.29 is 9.53 Å². The SMILES string of the molecule is COC(=O)[C@H](c1ccccc1Cl)N(C)CCc1ccsc1. The molecule has 0 bridgehead atoms. The third kappa shape index (κ3) is 4.06. The van der Waals surface area contributed by atoms with Gasteiger partial charge >= 0.3 is 5.97 Å². The van der Waals surface area contributed by atoms with Crippen LogP contribution >= 0.6 is 22.9 Å². The first-order valence-corrected chi connectivity index (χ1v) is 7.99. The number of carbonyl (C=O) groups excluding carboxylic acids is 1. The van der Waals surface area contributed by atoms with E-state index in [0.29, 0.717) is 5.02 Å². The fourth-order valence-corrected chi connectivity index (χ4v) is 3.16. The predicted molar refractivity (Wildman–Crippen MR) is 86.9 cm³/mol. The van der Waals surface area contributed by atoms with Gasteiger partial charge in [-0.2, -0.15) is 11.3 Å². The number of thiophene rings is 1. The number of likely N-dealkylation sites (N-methyl/N-ethyl adjacent to an activating group) is 1. The van der Waals surface area contributed by atoms with Gasteiger partial charge in [0.1, 0.15) is 6.04 Å². The van der Waals surface area contributed by atoms with Gasteiger partial charge in [0.15, 0.2) is 0 Å². The summed E-state index contributed by atoms with van der Waals surface area (Å²) in [5.41, 5.74) is 2.05. The highest BCUT2D eigenvalue weighted by Crippen LogP contribution is 2.28. The average Bonchev–Trinajstić information content (AvgIpc) is 3.00. The van der Waals surface area contributed by atoms with E-state index < -0.39 is 6.04 Å². The number of hydrogen-bond acceptors (Lipinski definition) is 4. The summed E-state index contributed by atoms with van der Waals surface area (Å²) < 4.78 is 4.94. The molecule has 0 unspecified atom stereocenters. The van der Waals surface area contributed by atoms with Crippen molar-refractivity contribution in [1.82, 2.24) is 4.90 Å². The molecular formula is C16H18ClNO2S. The van der Waals surface area contributed by atoms with Crippen LogP contribution in [-0.2, 0) is 16.0 Å². The molecule has 5 heteroatoms. The normalized spacial score (nSPS) is 12.4. The molecule has 2 rings (SSSR count). The Bertz CT molecular complexity index is 586. The van der Waals surface area contributed by atoms with E-state index in [1.165, 1.54) is 12.7 Å². The topological polar surface area (TPSA) is 29.5 Å². The van der Waals surface area contributed by atoms with Crippen LogP contribution in [0.3, 0.4) is 0 Å². The van der Waals surface area contributed by atoms with Crippen LogP contribution in [0.15, 0.2) is 41.1 Å². The molecule has 0 aliphatic heterocycles. The number of carbonyl (C=O) groups is 1. The Hall–Kier alpha value is -1.36. The van der Waals surface area contributed by atoms with E-state index in [0.717, 1.165) is 18.5 Å². The Morgan fingerprint density at radius 3 is 2.76 bits per heavy atom. The van der Waals surface area contributed by atoms with Gasteiger partial charge < -0.3 is 4.74 Å². The first-order chi connectivity index (χ1) is 10.1. The molecule has 2 aromatic rings. The van der Waals surface area contributed by atoms with Gasteiger partial charge in [-0.3, -0.25) is 4.90 Å². The fraction of sp³-hybridized carbons (Fsp3) is 0.312. The van der Waals surface area contributed by atoms with E-state index in [1.807, 2.05) is 30.1 Å². The highest BCUT2D eigenvalue weighted by molar-refractivity contribution is 7.07. The summed E-state index contributed by atoms with van der Waals surface area (Å²) in [6.45, 7) is 0.752. The summed E-state index contributed by atoms with van der Waals surface area (Å²) in [6.07, 6.45) is 0.887. The van der Waals surface area contributed by atoms with Gasteiger partial charge in [-0.1, -0.05) is 29.8 Å². The molecule has 0 amide bonds. The number of hydrogen-bond donors (Lipinski definition) is 0. The van der Waals surface area contributed by atoms with Crippen LogP contribution in [0.25, 0.3) is 0 Å². The van der Waals surface area contributed by atoms with E-state index in [9.17, 15) is 4.79 Å². The smallest absolute Gasteiger partial charge is 0.327 e. The molecule has 0 fully saturated rings. The van der Waals surface area contributed by atoms with Crippen LogP contribution < -0.4 is 0 Å². The number of methoxy groups -OCH3 is 1. The van der Waals surface area contributed by atoms with E-state index >= 15 is 0 Å². The number of halogens is 1. The molecule has 1 atom stereocenters. The molecule has 0 saturated carbocycles. The second kappa shape index (κ2) is 7.59. The molecule has 1 aromatic heterocycles. The van der Waals surface area contributed by atoms with Gasteiger partial charge in [0, 0.05) is 11.6 Å². The molecule has 3 nitrogen and oxygen atoms in total. The van der Waals surface area contributed by atoms with E-state index in [-0.39, 0.29) is 5.97 Å². The van der Waals surface area contributed by atoms with Crippen molar-refractivity contribution in [2.45, 2.75) is 12.5 Å². The summed E-state index contributed by atoms with van der Waals surface area (Å²) in [5.74, 6) is -0.295. The number of esters is 1. The van der Waals surface area contributed by atoms with Crippen LogP contribution in [0.4, 0.5) is 0 Å². The maximum Gasteiger partial charge on any atom is 0.327 e. The van der Waals surface area contributed by atoms with Gasteiger partial charge in [-0.25, -0.2) is 4.79 Å². The van der Waals surface area contributed by atoms with Crippen molar-refractivity contribution in [1.29, 1.82) is 0 Å². The molecule has 0 radical (unpaired) electrons. The maximum absolute atomic E-state index is 12.1. The summed E-state index contributed by atoms with van der Waals surface area (Å²) in [5, 5.41) is 4.76. The van der Waals surface area contributed by atoms with Crippen molar-refractivity contribution in [2.75, 3.05) is 20.7 Å². The van der Waals surface area contributed by atoms with Crippen LogP contribution in [0.1, 0.15) is 17.2 Å². The third-order valence-corrected chi connectivity index (χ3v) is 4.47. The fourth-order valence-electron chi connectivity index (χ4n) is 2.22. The summed E-state index contributed by atoms with van der Waals surface area (Å²) in [4.78, 5) is 14.1.